The third-order valence-corrected chi connectivity index (χ3v) is 2.20. The van der Waals surface area contributed by atoms with Gasteiger partial charge in [-0.05, 0) is 25.0 Å². The Morgan fingerprint density at radius 3 is 2.69 bits per heavy atom. The molecular formula is C11H16FN. The van der Waals surface area contributed by atoms with Crippen LogP contribution in [0.4, 0.5) is 4.39 Å². The first-order valence-corrected chi connectivity index (χ1v) is 4.53. The van der Waals surface area contributed by atoms with Crippen LogP contribution < -0.4 is 5.73 Å². The summed E-state index contributed by atoms with van der Waals surface area (Å²) in [5.74, 6) is 0. The summed E-state index contributed by atoms with van der Waals surface area (Å²) < 4.78 is 13.0. The first-order valence-electron chi connectivity index (χ1n) is 4.53. The second-order valence-corrected chi connectivity index (χ2v) is 3.47. The van der Waals surface area contributed by atoms with Crippen molar-refractivity contribution in [2.75, 3.05) is 6.54 Å². The van der Waals surface area contributed by atoms with Gasteiger partial charge in [-0.3, -0.25) is 0 Å². The molecule has 0 aliphatic heterocycles. The SMILES string of the molecule is Cc1ccc(C)c(CC(F)CN)c1. The Hall–Kier alpha value is -0.890. The zero-order valence-corrected chi connectivity index (χ0v) is 8.18. The fourth-order valence-corrected chi connectivity index (χ4v) is 1.34. The lowest BCUT2D eigenvalue weighted by molar-refractivity contribution is 0.340. The van der Waals surface area contributed by atoms with E-state index in [1.54, 1.807) is 0 Å². The number of hydrogen-bond acceptors (Lipinski definition) is 1. The molecule has 2 N–H and O–H groups in total. The van der Waals surface area contributed by atoms with Gasteiger partial charge in [0.05, 0.1) is 0 Å². The Labute approximate surface area is 78.8 Å². The van der Waals surface area contributed by atoms with E-state index in [0.717, 1.165) is 11.1 Å². The highest BCUT2D eigenvalue weighted by Crippen LogP contribution is 2.13. The molecule has 1 atom stereocenters. The van der Waals surface area contributed by atoms with Gasteiger partial charge in [-0.2, -0.15) is 0 Å². The van der Waals surface area contributed by atoms with E-state index in [-0.39, 0.29) is 6.54 Å². The van der Waals surface area contributed by atoms with Crippen LogP contribution in [0.1, 0.15) is 16.7 Å². The summed E-state index contributed by atoms with van der Waals surface area (Å²) in [6.45, 7) is 4.12. The summed E-state index contributed by atoms with van der Waals surface area (Å²) in [5.41, 5.74) is 8.61. The van der Waals surface area contributed by atoms with Crippen molar-refractivity contribution in [1.82, 2.24) is 0 Å². The van der Waals surface area contributed by atoms with Crippen LogP contribution in [-0.2, 0) is 6.42 Å². The molecule has 0 amide bonds. The Morgan fingerprint density at radius 2 is 2.08 bits per heavy atom. The molecule has 0 aliphatic rings. The maximum Gasteiger partial charge on any atom is 0.116 e. The molecule has 0 radical (unpaired) electrons. The highest BCUT2D eigenvalue weighted by Gasteiger charge is 2.07. The Bertz CT molecular complexity index is 283. The molecule has 72 valence electrons. The fourth-order valence-electron chi connectivity index (χ4n) is 1.34. The first-order chi connectivity index (χ1) is 6.13. The fraction of sp³-hybridized carbons (Fsp3) is 0.455. The van der Waals surface area contributed by atoms with Gasteiger partial charge in [0.2, 0.25) is 0 Å². The van der Waals surface area contributed by atoms with Crippen LogP contribution in [0.5, 0.6) is 0 Å². The van der Waals surface area contributed by atoms with Crippen LogP contribution >= 0.6 is 0 Å². The van der Waals surface area contributed by atoms with E-state index >= 15 is 0 Å². The molecule has 1 rings (SSSR count). The Balaban J connectivity index is 2.81. The molecule has 0 aliphatic carbocycles. The number of rotatable bonds is 3. The number of halogens is 1. The summed E-state index contributed by atoms with van der Waals surface area (Å²) in [6, 6.07) is 6.08. The first kappa shape index (κ1) is 10.2. The number of hydrogen-bond donors (Lipinski definition) is 1. The Kier molecular flexibility index (Phi) is 3.43. The van der Waals surface area contributed by atoms with Crippen molar-refractivity contribution in [1.29, 1.82) is 0 Å². The predicted molar refractivity (Wildman–Crippen MR) is 53.6 cm³/mol. The van der Waals surface area contributed by atoms with Gasteiger partial charge in [-0.15, -0.1) is 0 Å². The predicted octanol–water partition coefficient (Wildman–Crippen LogP) is 2.14. The van der Waals surface area contributed by atoms with Gasteiger partial charge in [0, 0.05) is 13.0 Å². The van der Waals surface area contributed by atoms with Gasteiger partial charge in [0.15, 0.2) is 0 Å². The molecule has 0 fully saturated rings. The van der Waals surface area contributed by atoms with Crippen molar-refractivity contribution in [3.8, 4) is 0 Å². The van der Waals surface area contributed by atoms with Crippen LogP contribution in [0.25, 0.3) is 0 Å². The summed E-state index contributed by atoms with van der Waals surface area (Å²) in [4.78, 5) is 0. The lowest BCUT2D eigenvalue weighted by Crippen LogP contribution is -2.18. The molecule has 0 saturated carbocycles. The van der Waals surface area contributed by atoms with Crippen molar-refractivity contribution in [3.05, 3.63) is 34.9 Å². The lowest BCUT2D eigenvalue weighted by atomic mass is 10.0. The molecular weight excluding hydrogens is 165 g/mol. The lowest BCUT2D eigenvalue weighted by Gasteiger charge is -2.09. The molecule has 0 spiro atoms. The van der Waals surface area contributed by atoms with Crippen LogP contribution in [0.2, 0.25) is 0 Å². The molecule has 2 heteroatoms. The van der Waals surface area contributed by atoms with Crippen LogP contribution in [0.15, 0.2) is 18.2 Å². The van der Waals surface area contributed by atoms with Crippen molar-refractivity contribution in [2.24, 2.45) is 5.73 Å². The Morgan fingerprint density at radius 1 is 1.38 bits per heavy atom. The molecule has 1 aromatic carbocycles. The van der Waals surface area contributed by atoms with Gasteiger partial charge >= 0.3 is 0 Å². The van der Waals surface area contributed by atoms with Gasteiger partial charge in [0.1, 0.15) is 6.17 Å². The summed E-state index contributed by atoms with van der Waals surface area (Å²) >= 11 is 0. The van der Waals surface area contributed by atoms with E-state index in [1.807, 2.05) is 32.0 Å². The van der Waals surface area contributed by atoms with Gasteiger partial charge in [-0.1, -0.05) is 23.8 Å². The largest absolute Gasteiger partial charge is 0.328 e. The van der Waals surface area contributed by atoms with Gasteiger partial charge < -0.3 is 5.73 Å². The van der Waals surface area contributed by atoms with E-state index in [2.05, 4.69) is 0 Å². The standard InChI is InChI=1S/C11H16FN/c1-8-3-4-9(2)10(5-8)6-11(12)7-13/h3-5,11H,6-7,13H2,1-2H3. The zero-order valence-electron chi connectivity index (χ0n) is 8.18. The number of aryl methyl sites for hydroxylation is 2. The zero-order chi connectivity index (χ0) is 9.84. The third-order valence-electron chi connectivity index (χ3n) is 2.20. The van der Waals surface area contributed by atoms with Crippen molar-refractivity contribution >= 4 is 0 Å². The average Bonchev–Trinajstić information content (AvgIpc) is 2.11. The number of nitrogens with two attached hydrogens (primary N) is 1. The summed E-state index contributed by atoms with van der Waals surface area (Å²) in [6.07, 6.45) is -0.482. The van der Waals surface area contributed by atoms with E-state index in [1.165, 1.54) is 5.56 Å². The van der Waals surface area contributed by atoms with Crippen LogP contribution in [0, 0.1) is 13.8 Å². The van der Waals surface area contributed by atoms with Crippen molar-refractivity contribution in [3.63, 3.8) is 0 Å². The number of alkyl halides is 1. The third kappa shape index (κ3) is 2.81. The highest BCUT2D eigenvalue weighted by molar-refractivity contribution is 5.30. The summed E-state index contributed by atoms with van der Waals surface area (Å²) in [7, 11) is 0. The molecule has 1 aromatic rings. The minimum atomic E-state index is -0.916. The van der Waals surface area contributed by atoms with Gasteiger partial charge in [0.25, 0.3) is 0 Å². The molecule has 13 heavy (non-hydrogen) atoms. The normalized spacial score (nSPS) is 12.9. The minimum absolute atomic E-state index is 0.105. The second kappa shape index (κ2) is 4.38. The van der Waals surface area contributed by atoms with Crippen LogP contribution in [-0.4, -0.2) is 12.7 Å². The average molecular weight is 181 g/mol. The van der Waals surface area contributed by atoms with Crippen molar-refractivity contribution in [2.45, 2.75) is 26.4 Å². The second-order valence-electron chi connectivity index (χ2n) is 3.47. The molecule has 0 heterocycles. The number of benzene rings is 1. The molecule has 1 nitrogen and oxygen atoms in total. The molecule has 0 saturated heterocycles. The molecule has 1 unspecified atom stereocenters. The van der Waals surface area contributed by atoms with E-state index in [0.29, 0.717) is 6.42 Å². The van der Waals surface area contributed by atoms with Crippen molar-refractivity contribution < 1.29 is 4.39 Å². The smallest absolute Gasteiger partial charge is 0.116 e. The van der Waals surface area contributed by atoms with Gasteiger partial charge in [-0.25, -0.2) is 4.39 Å². The highest BCUT2D eigenvalue weighted by atomic mass is 19.1. The quantitative estimate of drug-likeness (QED) is 0.759. The van der Waals surface area contributed by atoms with E-state index in [4.69, 9.17) is 5.73 Å². The molecule has 0 bridgehead atoms. The van der Waals surface area contributed by atoms with E-state index < -0.39 is 6.17 Å². The minimum Gasteiger partial charge on any atom is -0.328 e. The maximum absolute atomic E-state index is 13.0. The maximum atomic E-state index is 13.0. The monoisotopic (exact) mass is 181 g/mol. The van der Waals surface area contributed by atoms with E-state index in [9.17, 15) is 4.39 Å². The van der Waals surface area contributed by atoms with Crippen LogP contribution in [0.3, 0.4) is 0 Å². The summed E-state index contributed by atoms with van der Waals surface area (Å²) in [5, 5.41) is 0. The topological polar surface area (TPSA) is 26.0 Å². The molecule has 0 aromatic heterocycles.